The van der Waals surface area contributed by atoms with E-state index in [2.05, 4.69) is 28.6 Å². The van der Waals surface area contributed by atoms with E-state index >= 15 is 0 Å². The number of carbonyl (C=O) groups is 2. The van der Waals surface area contributed by atoms with Crippen molar-refractivity contribution < 1.29 is 33.3 Å². The average Bonchev–Trinajstić information content (AvgIpc) is 2.97. The predicted octanol–water partition coefficient (Wildman–Crippen LogP) is 3.49. The minimum atomic E-state index is -0.947. The maximum atomic E-state index is 14.2. The van der Waals surface area contributed by atoms with E-state index in [0.29, 0.717) is 63.3 Å². The Labute approximate surface area is 258 Å². The molecule has 5 rings (SSSR count). The first-order valence-electron chi connectivity index (χ1n) is 15.5. The number of hydrogen-bond acceptors (Lipinski definition) is 8. The van der Waals surface area contributed by atoms with E-state index < -0.39 is 6.09 Å². The van der Waals surface area contributed by atoms with Crippen LogP contribution in [-0.2, 0) is 16.0 Å². The Morgan fingerprint density at radius 2 is 1.73 bits per heavy atom. The molecular weight excluding hydrogens is 569 g/mol. The van der Waals surface area contributed by atoms with Crippen LogP contribution in [0.3, 0.4) is 0 Å². The molecule has 2 saturated heterocycles. The Kier molecular flexibility index (Phi) is 9.91. The first-order valence-corrected chi connectivity index (χ1v) is 15.5. The molecule has 0 spiro atoms. The van der Waals surface area contributed by atoms with Crippen LogP contribution in [-0.4, -0.2) is 120 Å². The molecule has 0 saturated carbocycles. The highest BCUT2D eigenvalue weighted by Crippen LogP contribution is 2.37. The van der Waals surface area contributed by atoms with Gasteiger partial charge >= 0.3 is 6.09 Å². The van der Waals surface area contributed by atoms with Gasteiger partial charge in [-0.2, -0.15) is 4.98 Å². The van der Waals surface area contributed by atoms with Crippen LogP contribution >= 0.6 is 0 Å². The van der Waals surface area contributed by atoms with Gasteiger partial charge in [-0.15, -0.1) is 0 Å². The summed E-state index contributed by atoms with van der Waals surface area (Å²) < 4.78 is 31.1. The fraction of sp³-hybridized carbons (Fsp3) is 0.594. The third-order valence-corrected chi connectivity index (χ3v) is 8.84. The second-order valence-electron chi connectivity index (χ2n) is 12.2. The molecule has 0 radical (unpaired) electrons. The normalized spacial score (nSPS) is 26.2. The Bertz CT molecular complexity index is 1320. The summed E-state index contributed by atoms with van der Waals surface area (Å²) in [4.78, 5) is 38.7. The average molecular weight is 614 g/mol. The molecular formula is C32H44FN5O6. The van der Waals surface area contributed by atoms with Gasteiger partial charge in [0, 0.05) is 55.8 Å². The van der Waals surface area contributed by atoms with Crippen LogP contribution in [0.4, 0.5) is 14.9 Å². The van der Waals surface area contributed by atoms with E-state index in [1.54, 1.807) is 17.0 Å². The number of carboxylic acid groups (broad SMARTS) is 1. The lowest BCUT2D eigenvalue weighted by Gasteiger charge is -2.48. The number of benzene rings is 1. The Hall–Kier alpha value is -3.48. The molecule has 44 heavy (non-hydrogen) atoms. The highest BCUT2D eigenvalue weighted by atomic mass is 19.1. The number of halogens is 1. The number of amides is 2. The van der Waals surface area contributed by atoms with Gasteiger partial charge in [0.25, 0.3) is 0 Å². The van der Waals surface area contributed by atoms with Gasteiger partial charge in [0.15, 0.2) is 0 Å². The predicted molar refractivity (Wildman–Crippen MR) is 163 cm³/mol. The summed E-state index contributed by atoms with van der Waals surface area (Å²) in [5.74, 6) is 0.338. The van der Waals surface area contributed by atoms with Crippen molar-refractivity contribution in [2.24, 2.45) is 0 Å². The lowest BCUT2D eigenvalue weighted by atomic mass is 10.0. The monoisotopic (exact) mass is 613 g/mol. The van der Waals surface area contributed by atoms with Crippen molar-refractivity contribution in [3.05, 3.63) is 47.3 Å². The van der Waals surface area contributed by atoms with E-state index in [0.717, 1.165) is 11.1 Å². The number of hydrogen-bond donors (Lipinski definition) is 1. The lowest BCUT2D eigenvalue weighted by Crippen LogP contribution is -2.65. The first-order chi connectivity index (χ1) is 21.0. The molecule has 1 aromatic carbocycles. The summed E-state index contributed by atoms with van der Waals surface area (Å²) in [6.07, 6.45) is -0.504. The minimum Gasteiger partial charge on any atom is -0.478 e. The standard InChI is InChI=1S/C32H44FN5O6/c1-6-43-30-25(11-24-7-9-26(33)10-8-24)12-28-31(34-30)44-19-23(5)38(28)29(39)16-35-13-20(2)37(32(40)41)15-27(35)14-36-21(3)17-42-18-22(36)4/h7-10,12,20-23,27H,6,11,13-19H2,1-5H3,(H,40,41)/t20-,21-,22-,23+,27+/m1/s1. The van der Waals surface area contributed by atoms with Gasteiger partial charge in [0.2, 0.25) is 17.7 Å². The van der Waals surface area contributed by atoms with Crippen molar-refractivity contribution in [1.82, 2.24) is 19.7 Å². The molecule has 12 heteroatoms. The fourth-order valence-corrected chi connectivity index (χ4v) is 6.52. The van der Waals surface area contributed by atoms with Crippen molar-refractivity contribution in [2.45, 2.75) is 71.2 Å². The minimum absolute atomic E-state index is 0.107. The SMILES string of the molecule is CCOc1nc2c(cc1Cc1ccc(F)cc1)N(C(=O)CN1C[C@@H](C)N(C(=O)O)C[C@@H]1CN1[C@H](C)COC[C@H]1C)[C@@H](C)CO2. The Morgan fingerprint density at radius 1 is 1.02 bits per heavy atom. The van der Waals surface area contributed by atoms with Crippen LogP contribution in [0.2, 0.25) is 0 Å². The third-order valence-electron chi connectivity index (χ3n) is 8.84. The Balaban J connectivity index is 1.42. The molecule has 0 unspecified atom stereocenters. The molecule has 5 atom stereocenters. The third kappa shape index (κ3) is 6.92. The molecule has 3 aliphatic rings. The highest BCUT2D eigenvalue weighted by Gasteiger charge is 2.40. The summed E-state index contributed by atoms with van der Waals surface area (Å²) in [5.41, 5.74) is 2.22. The van der Waals surface area contributed by atoms with E-state index in [1.165, 1.54) is 17.0 Å². The molecule has 240 valence electrons. The number of ether oxygens (including phenoxy) is 3. The lowest BCUT2D eigenvalue weighted by molar-refractivity contribution is -0.122. The van der Waals surface area contributed by atoms with Crippen molar-refractivity contribution in [1.29, 1.82) is 0 Å². The van der Waals surface area contributed by atoms with Gasteiger partial charge < -0.3 is 29.1 Å². The summed E-state index contributed by atoms with van der Waals surface area (Å²) >= 11 is 0. The van der Waals surface area contributed by atoms with Crippen molar-refractivity contribution in [3.8, 4) is 11.8 Å². The summed E-state index contributed by atoms with van der Waals surface area (Å²) in [6.45, 7) is 13.4. The number of piperazine rings is 1. The van der Waals surface area contributed by atoms with Crippen LogP contribution in [0.15, 0.2) is 30.3 Å². The maximum absolute atomic E-state index is 14.2. The molecule has 11 nitrogen and oxygen atoms in total. The zero-order valence-corrected chi connectivity index (χ0v) is 26.2. The van der Waals surface area contributed by atoms with E-state index in [4.69, 9.17) is 14.2 Å². The maximum Gasteiger partial charge on any atom is 0.407 e. The number of aromatic nitrogens is 1. The van der Waals surface area contributed by atoms with Gasteiger partial charge in [0.1, 0.15) is 18.1 Å². The van der Waals surface area contributed by atoms with Gasteiger partial charge in [0.05, 0.1) is 32.4 Å². The Morgan fingerprint density at radius 3 is 2.39 bits per heavy atom. The van der Waals surface area contributed by atoms with Crippen molar-refractivity contribution in [2.75, 3.05) is 57.5 Å². The number of carbonyl (C=O) groups excluding carboxylic acids is 1. The molecule has 2 aromatic rings. The zero-order valence-electron chi connectivity index (χ0n) is 26.2. The van der Waals surface area contributed by atoms with Crippen molar-refractivity contribution >= 4 is 17.7 Å². The van der Waals surface area contributed by atoms with E-state index in [1.807, 2.05) is 26.8 Å². The quantitative estimate of drug-likeness (QED) is 0.479. The van der Waals surface area contributed by atoms with Crippen LogP contribution in [0, 0.1) is 5.82 Å². The molecule has 1 N–H and O–H groups in total. The van der Waals surface area contributed by atoms with Gasteiger partial charge in [-0.05, 0) is 58.4 Å². The molecule has 0 bridgehead atoms. The number of pyridine rings is 1. The number of morpholine rings is 1. The molecule has 2 fully saturated rings. The van der Waals surface area contributed by atoms with Gasteiger partial charge in [-0.3, -0.25) is 14.6 Å². The smallest absolute Gasteiger partial charge is 0.407 e. The first kappa shape index (κ1) is 31.9. The number of anilines is 1. The molecule has 2 amide bonds. The summed E-state index contributed by atoms with van der Waals surface area (Å²) in [7, 11) is 0. The molecule has 0 aliphatic carbocycles. The molecule has 4 heterocycles. The number of rotatable bonds is 8. The van der Waals surface area contributed by atoms with Crippen LogP contribution in [0.5, 0.6) is 11.8 Å². The second-order valence-corrected chi connectivity index (χ2v) is 12.2. The van der Waals surface area contributed by atoms with Crippen LogP contribution in [0.1, 0.15) is 45.7 Å². The topological polar surface area (TPSA) is 108 Å². The summed E-state index contributed by atoms with van der Waals surface area (Å²) in [5, 5.41) is 9.91. The molecule has 1 aromatic heterocycles. The van der Waals surface area contributed by atoms with Crippen molar-refractivity contribution in [3.63, 3.8) is 0 Å². The number of nitrogens with zero attached hydrogens (tertiary/aromatic N) is 5. The van der Waals surface area contributed by atoms with Crippen LogP contribution in [0.25, 0.3) is 0 Å². The second kappa shape index (κ2) is 13.7. The summed E-state index contributed by atoms with van der Waals surface area (Å²) in [6, 6.07) is 7.87. The van der Waals surface area contributed by atoms with E-state index in [9.17, 15) is 19.1 Å². The fourth-order valence-electron chi connectivity index (χ4n) is 6.52. The highest BCUT2D eigenvalue weighted by molar-refractivity contribution is 5.97. The largest absolute Gasteiger partial charge is 0.478 e. The van der Waals surface area contributed by atoms with Gasteiger partial charge in [-0.1, -0.05) is 12.1 Å². The van der Waals surface area contributed by atoms with Crippen LogP contribution < -0.4 is 14.4 Å². The number of fused-ring (bicyclic) bond motifs is 1. The van der Waals surface area contributed by atoms with Gasteiger partial charge in [-0.25, -0.2) is 9.18 Å². The zero-order chi connectivity index (χ0) is 31.5. The molecule has 3 aliphatic heterocycles. The van der Waals surface area contributed by atoms with E-state index in [-0.39, 0.29) is 55.1 Å².